The smallest absolute Gasteiger partial charge is 0.0934 e. The van der Waals surface area contributed by atoms with E-state index in [-0.39, 0.29) is 0 Å². The summed E-state index contributed by atoms with van der Waals surface area (Å²) in [4.78, 5) is 0. The topological polar surface area (TPSA) is 24.4 Å². The number of hydrazone groups is 1. The van der Waals surface area contributed by atoms with Crippen LogP contribution < -0.4 is 5.43 Å². The monoisotopic (exact) mass is 202 g/mol. The van der Waals surface area contributed by atoms with Gasteiger partial charge in [-0.05, 0) is 19.1 Å². The largest absolute Gasteiger partial charge is 0.276 e. The van der Waals surface area contributed by atoms with Crippen LogP contribution in [-0.2, 0) is 0 Å². The molecule has 0 spiro atoms. The van der Waals surface area contributed by atoms with E-state index in [1.165, 1.54) is 0 Å². The van der Waals surface area contributed by atoms with Gasteiger partial charge in [-0.3, -0.25) is 5.43 Å². The minimum atomic E-state index is 0.563. The van der Waals surface area contributed by atoms with Gasteiger partial charge in [0, 0.05) is 6.21 Å². The highest BCUT2D eigenvalue weighted by Gasteiger charge is 2.02. The zero-order valence-electron chi connectivity index (χ0n) is 6.51. The number of nitrogens with one attached hydrogen (secondary N) is 1. The number of anilines is 1. The molecule has 0 bridgehead atoms. The van der Waals surface area contributed by atoms with E-state index in [1.807, 2.05) is 0 Å². The van der Waals surface area contributed by atoms with Gasteiger partial charge in [-0.1, -0.05) is 29.3 Å². The van der Waals surface area contributed by atoms with E-state index >= 15 is 0 Å². The van der Waals surface area contributed by atoms with E-state index < -0.39 is 0 Å². The minimum Gasteiger partial charge on any atom is -0.276 e. The number of hydrogen-bond donors (Lipinski definition) is 1. The first-order valence-corrected chi connectivity index (χ1v) is 4.19. The second-order valence-electron chi connectivity index (χ2n) is 2.10. The molecule has 1 aromatic rings. The molecule has 0 saturated heterocycles. The SMILES string of the molecule is CC=NNc1c(Cl)cccc1Cl. The molecular weight excluding hydrogens is 195 g/mol. The van der Waals surface area contributed by atoms with Gasteiger partial charge in [0.2, 0.25) is 0 Å². The van der Waals surface area contributed by atoms with Gasteiger partial charge in [-0.15, -0.1) is 0 Å². The van der Waals surface area contributed by atoms with E-state index in [9.17, 15) is 0 Å². The first-order valence-electron chi connectivity index (χ1n) is 3.43. The molecule has 0 heterocycles. The van der Waals surface area contributed by atoms with Crippen LogP contribution in [0.15, 0.2) is 23.3 Å². The van der Waals surface area contributed by atoms with Crippen LogP contribution in [0.4, 0.5) is 5.69 Å². The van der Waals surface area contributed by atoms with Gasteiger partial charge in [0.25, 0.3) is 0 Å². The van der Waals surface area contributed by atoms with Crippen molar-refractivity contribution in [2.24, 2.45) is 5.10 Å². The molecule has 0 fully saturated rings. The molecule has 0 radical (unpaired) electrons. The lowest BCUT2D eigenvalue weighted by Gasteiger charge is -2.04. The number of para-hydroxylation sites is 1. The number of nitrogens with zero attached hydrogens (tertiary/aromatic N) is 1. The molecule has 1 N–H and O–H groups in total. The highest BCUT2D eigenvalue weighted by molar-refractivity contribution is 6.39. The third-order valence-corrected chi connectivity index (χ3v) is 1.90. The van der Waals surface area contributed by atoms with Crippen LogP contribution in [0, 0.1) is 0 Å². The quantitative estimate of drug-likeness (QED) is 0.578. The van der Waals surface area contributed by atoms with Crippen LogP contribution in [-0.4, -0.2) is 6.21 Å². The molecule has 1 aromatic carbocycles. The maximum Gasteiger partial charge on any atom is 0.0934 e. The minimum absolute atomic E-state index is 0.563. The first-order chi connectivity index (χ1) is 5.75. The Morgan fingerprint density at radius 3 is 2.42 bits per heavy atom. The molecule has 0 atom stereocenters. The summed E-state index contributed by atoms with van der Waals surface area (Å²) in [5.74, 6) is 0. The maximum atomic E-state index is 5.84. The Morgan fingerprint density at radius 2 is 1.92 bits per heavy atom. The average molecular weight is 203 g/mol. The number of benzene rings is 1. The summed E-state index contributed by atoms with van der Waals surface area (Å²) in [5.41, 5.74) is 3.37. The molecule has 0 saturated carbocycles. The van der Waals surface area contributed by atoms with Gasteiger partial charge >= 0.3 is 0 Å². The molecule has 12 heavy (non-hydrogen) atoms. The predicted octanol–water partition coefficient (Wildman–Crippen LogP) is 3.41. The lowest BCUT2D eigenvalue weighted by atomic mass is 10.3. The molecule has 64 valence electrons. The van der Waals surface area contributed by atoms with Gasteiger partial charge in [0.05, 0.1) is 15.7 Å². The molecule has 0 unspecified atom stereocenters. The fourth-order valence-electron chi connectivity index (χ4n) is 0.734. The summed E-state index contributed by atoms with van der Waals surface area (Å²) >= 11 is 11.7. The summed E-state index contributed by atoms with van der Waals surface area (Å²) < 4.78 is 0. The Hall–Kier alpha value is -0.730. The molecule has 0 aromatic heterocycles. The van der Waals surface area contributed by atoms with Crippen molar-refractivity contribution in [3.63, 3.8) is 0 Å². The second kappa shape index (κ2) is 4.33. The van der Waals surface area contributed by atoms with Crippen molar-refractivity contribution in [2.45, 2.75) is 6.92 Å². The number of halogens is 2. The fraction of sp³-hybridized carbons (Fsp3) is 0.125. The van der Waals surface area contributed by atoms with Crippen molar-refractivity contribution >= 4 is 35.1 Å². The zero-order chi connectivity index (χ0) is 8.97. The van der Waals surface area contributed by atoms with Crippen LogP contribution >= 0.6 is 23.2 Å². The molecule has 0 aliphatic carbocycles. The average Bonchev–Trinajstić information content (AvgIpc) is 2.04. The number of hydrogen-bond acceptors (Lipinski definition) is 2. The molecule has 4 heteroatoms. The highest BCUT2D eigenvalue weighted by atomic mass is 35.5. The van der Waals surface area contributed by atoms with Gasteiger partial charge < -0.3 is 0 Å². The van der Waals surface area contributed by atoms with E-state index in [1.54, 1.807) is 31.3 Å². The fourth-order valence-corrected chi connectivity index (χ4v) is 1.22. The van der Waals surface area contributed by atoms with Crippen LogP contribution in [0.3, 0.4) is 0 Å². The summed E-state index contributed by atoms with van der Waals surface area (Å²) in [6.45, 7) is 1.80. The van der Waals surface area contributed by atoms with Crippen LogP contribution in [0.25, 0.3) is 0 Å². The van der Waals surface area contributed by atoms with Crippen molar-refractivity contribution in [1.29, 1.82) is 0 Å². The summed E-state index contributed by atoms with van der Waals surface area (Å²) in [7, 11) is 0. The first kappa shape index (κ1) is 9.36. The molecular formula is C8H8Cl2N2. The van der Waals surface area contributed by atoms with Crippen molar-refractivity contribution in [3.8, 4) is 0 Å². The van der Waals surface area contributed by atoms with E-state index in [2.05, 4.69) is 10.5 Å². The normalized spacial score (nSPS) is 10.6. The van der Waals surface area contributed by atoms with E-state index in [0.29, 0.717) is 15.7 Å². The molecule has 0 aliphatic heterocycles. The maximum absolute atomic E-state index is 5.84. The molecule has 2 nitrogen and oxygen atoms in total. The van der Waals surface area contributed by atoms with E-state index in [4.69, 9.17) is 23.2 Å². The van der Waals surface area contributed by atoms with Gasteiger partial charge in [-0.25, -0.2) is 0 Å². The predicted molar refractivity (Wildman–Crippen MR) is 54.3 cm³/mol. The Morgan fingerprint density at radius 1 is 1.33 bits per heavy atom. The zero-order valence-corrected chi connectivity index (χ0v) is 8.02. The lowest BCUT2D eigenvalue weighted by Crippen LogP contribution is -1.89. The molecule has 1 rings (SSSR count). The lowest BCUT2D eigenvalue weighted by molar-refractivity contribution is 1.35. The van der Waals surface area contributed by atoms with E-state index in [0.717, 1.165) is 0 Å². The Bertz CT molecular complexity index is 277. The van der Waals surface area contributed by atoms with Gasteiger partial charge in [0.15, 0.2) is 0 Å². The van der Waals surface area contributed by atoms with Gasteiger partial charge in [-0.2, -0.15) is 5.10 Å². The van der Waals surface area contributed by atoms with Crippen LogP contribution in [0.1, 0.15) is 6.92 Å². The summed E-state index contributed by atoms with van der Waals surface area (Å²) in [6, 6.07) is 5.29. The highest BCUT2D eigenvalue weighted by Crippen LogP contribution is 2.29. The van der Waals surface area contributed by atoms with Crippen molar-refractivity contribution < 1.29 is 0 Å². The van der Waals surface area contributed by atoms with Crippen molar-refractivity contribution in [1.82, 2.24) is 0 Å². The van der Waals surface area contributed by atoms with Crippen LogP contribution in [0.2, 0.25) is 10.0 Å². The standard InChI is InChI=1S/C8H8Cl2N2/c1-2-11-12-8-6(9)4-3-5-7(8)10/h2-5,12H,1H3. The summed E-state index contributed by atoms with van der Waals surface area (Å²) in [6.07, 6.45) is 1.62. The summed E-state index contributed by atoms with van der Waals surface area (Å²) in [5, 5.41) is 4.95. The van der Waals surface area contributed by atoms with Crippen molar-refractivity contribution in [2.75, 3.05) is 5.43 Å². The Kier molecular flexibility index (Phi) is 3.38. The van der Waals surface area contributed by atoms with Gasteiger partial charge in [0.1, 0.15) is 0 Å². The number of rotatable bonds is 2. The Labute approximate surface area is 81.2 Å². The second-order valence-corrected chi connectivity index (χ2v) is 2.91. The van der Waals surface area contributed by atoms with Crippen molar-refractivity contribution in [3.05, 3.63) is 28.2 Å². The van der Waals surface area contributed by atoms with Crippen LogP contribution in [0.5, 0.6) is 0 Å². The third-order valence-electron chi connectivity index (χ3n) is 1.27. The molecule has 0 aliphatic rings. The third kappa shape index (κ3) is 2.13. The Balaban J connectivity index is 2.96. The molecule has 0 amide bonds.